The highest BCUT2D eigenvalue weighted by Crippen LogP contribution is 2.29. The Morgan fingerprint density at radius 2 is 1.64 bits per heavy atom. The molecule has 144 valence electrons. The molecule has 0 aliphatic rings. The van der Waals surface area contributed by atoms with Gasteiger partial charge in [-0.25, -0.2) is 0 Å². The lowest BCUT2D eigenvalue weighted by Gasteiger charge is -2.09. The van der Waals surface area contributed by atoms with Gasteiger partial charge < -0.3 is 10.1 Å². The molecule has 1 amide bonds. The second kappa shape index (κ2) is 8.08. The molecule has 1 aromatic heterocycles. The summed E-state index contributed by atoms with van der Waals surface area (Å²) >= 11 is 0. The number of halogens is 3. The monoisotopic (exact) mass is 387 g/mol. The number of ether oxygens (including phenoxy) is 1. The normalized spacial score (nSPS) is 11.1. The van der Waals surface area contributed by atoms with Gasteiger partial charge >= 0.3 is 6.18 Å². The van der Waals surface area contributed by atoms with Crippen molar-refractivity contribution < 1.29 is 22.7 Å². The summed E-state index contributed by atoms with van der Waals surface area (Å²) in [4.78, 5) is 12.2. The van der Waals surface area contributed by atoms with E-state index in [1.807, 2.05) is 6.92 Å². The van der Waals surface area contributed by atoms with Gasteiger partial charge in [-0.3, -0.25) is 4.79 Å². The van der Waals surface area contributed by atoms with E-state index < -0.39 is 17.6 Å². The van der Waals surface area contributed by atoms with Gasteiger partial charge in [0.2, 0.25) is 5.88 Å². The molecular weight excluding hydrogens is 371 g/mol. The van der Waals surface area contributed by atoms with Crippen LogP contribution in [-0.4, -0.2) is 22.7 Å². The second-order valence-electron chi connectivity index (χ2n) is 5.80. The quantitative estimate of drug-likeness (QED) is 0.682. The fourth-order valence-corrected chi connectivity index (χ4v) is 2.44. The summed E-state index contributed by atoms with van der Waals surface area (Å²) in [5, 5.41) is 10.7. The molecule has 0 atom stereocenters. The minimum absolute atomic E-state index is 0.134. The van der Waals surface area contributed by atoms with Gasteiger partial charge in [0.1, 0.15) is 0 Å². The first-order valence-corrected chi connectivity index (χ1v) is 8.42. The van der Waals surface area contributed by atoms with Crippen molar-refractivity contribution in [1.82, 2.24) is 10.2 Å². The number of nitrogens with zero attached hydrogens (tertiary/aromatic N) is 2. The predicted molar refractivity (Wildman–Crippen MR) is 98.0 cm³/mol. The maximum Gasteiger partial charge on any atom is 0.416 e. The highest BCUT2D eigenvalue weighted by Gasteiger charge is 2.30. The van der Waals surface area contributed by atoms with Crippen molar-refractivity contribution in [2.75, 3.05) is 11.9 Å². The van der Waals surface area contributed by atoms with Crippen LogP contribution in [0.15, 0.2) is 60.7 Å². The van der Waals surface area contributed by atoms with Gasteiger partial charge in [-0.2, -0.15) is 13.2 Å². The largest absolute Gasteiger partial charge is 0.477 e. The standard InChI is InChI=1S/C20H16F3N3O2/c1-2-28-18-12-11-17(25-26-18)13-5-9-16(10-6-13)24-19(27)14-3-7-15(8-4-14)20(21,22)23/h3-12H,2H2,1H3,(H,24,27). The number of carbonyl (C=O) groups excluding carboxylic acids is 1. The first-order valence-electron chi connectivity index (χ1n) is 8.42. The summed E-state index contributed by atoms with van der Waals surface area (Å²) in [7, 11) is 0. The highest BCUT2D eigenvalue weighted by molar-refractivity contribution is 6.04. The molecule has 3 rings (SSSR count). The van der Waals surface area contributed by atoms with Crippen molar-refractivity contribution in [2.45, 2.75) is 13.1 Å². The molecule has 2 aromatic carbocycles. The molecule has 0 radical (unpaired) electrons. The molecule has 0 aliphatic carbocycles. The molecule has 0 saturated carbocycles. The van der Waals surface area contributed by atoms with E-state index >= 15 is 0 Å². The number of aromatic nitrogens is 2. The van der Waals surface area contributed by atoms with Gasteiger partial charge in [-0.1, -0.05) is 12.1 Å². The predicted octanol–water partition coefficient (Wildman–Crippen LogP) is 4.81. The Kier molecular flexibility index (Phi) is 5.58. The van der Waals surface area contributed by atoms with Crippen LogP contribution in [0.4, 0.5) is 18.9 Å². The lowest BCUT2D eigenvalue weighted by atomic mass is 10.1. The molecule has 0 aliphatic heterocycles. The van der Waals surface area contributed by atoms with Crippen molar-refractivity contribution in [2.24, 2.45) is 0 Å². The minimum atomic E-state index is -4.44. The topological polar surface area (TPSA) is 64.1 Å². The van der Waals surface area contributed by atoms with Crippen LogP contribution in [0.1, 0.15) is 22.8 Å². The summed E-state index contributed by atoms with van der Waals surface area (Å²) in [5.41, 5.74) is 1.28. The summed E-state index contributed by atoms with van der Waals surface area (Å²) in [6, 6.07) is 14.4. The molecule has 1 heterocycles. The zero-order valence-electron chi connectivity index (χ0n) is 14.8. The summed E-state index contributed by atoms with van der Waals surface area (Å²) in [5.74, 6) is -0.0611. The van der Waals surface area contributed by atoms with Crippen LogP contribution in [0.25, 0.3) is 11.3 Å². The van der Waals surface area contributed by atoms with E-state index in [0.29, 0.717) is 23.9 Å². The van der Waals surface area contributed by atoms with Crippen molar-refractivity contribution in [1.29, 1.82) is 0 Å². The molecule has 8 heteroatoms. The molecule has 3 aromatic rings. The van der Waals surface area contributed by atoms with Crippen molar-refractivity contribution in [3.63, 3.8) is 0 Å². The molecule has 0 bridgehead atoms. The number of alkyl halides is 3. The Hall–Kier alpha value is -3.42. The Labute approximate surface area is 159 Å². The van der Waals surface area contributed by atoms with E-state index in [1.54, 1.807) is 36.4 Å². The maximum absolute atomic E-state index is 12.6. The Morgan fingerprint density at radius 1 is 0.964 bits per heavy atom. The third kappa shape index (κ3) is 4.64. The van der Waals surface area contributed by atoms with E-state index in [0.717, 1.165) is 29.8 Å². The van der Waals surface area contributed by atoms with Gasteiger partial charge in [0.25, 0.3) is 5.91 Å². The number of hydrogen-bond acceptors (Lipinski definition) is 4. The van der Waals surface area contributed by atoms with E-state index in [9.17, 15) is 18.0 Å². The average Bonchev–Trinajstić information content (AvgIpc) is 2.69. The third-order valence-corrected chi connectivity index (χ3v) is 3.85. The van der Waals surface area contributed by atoms with E-state index in [1.165, 1.54) is 0 Å². The molecule has 1 N–H and O–H groups in total. The molecule has 0 unspecified atom stereocenters. The third-order valence-electron chi connectivity index (χ3n) is 3.85. The number of rotatable bonds is 5. The van der Waals surface area contributed by atoms with Gasteiger partial charge in [0.05, 0.1) is 17.9 Å². The lowest BCUT2D eigenvalue weighted by Crippen LogP contribution is -2.12. The lowest BCUT2D eigenvalue weighted by molar-refractivity contribution is -0.137. The first kappa shape index (κ1) is 19.3. The van der Waals surface area contributed by atoms with Gasteiger partial charge in [-0.15, -0.1) is 10.2 Å². The first-order chi connectivity index (χ1) is 13.4. The smallest absolute Gasteiger partial charge is 0.416 e. The molecular formula is C20H16F3N3O2. The molecule has 28 heavy (non-hydrogen) atoms. The van der Waals surface area contributed by atoms with E-state index in [-0.39, 0.29) is 5.56 Å². The van der Waals surface area contributed by atoms with Crippen LogP contribution < -0.4 is 10.1 Å². The zero-order valence-corrected chi connectivity index (χ0v) is 14.8. The van der Waals surface area contributed by atoms with Crippen LogP contribution in [0.2, 0.25) is 0 Å². The number of nitrogens with one attached hydrogen (secondary N) is 1. The van der Waals surface area contributed by atoms with Crippen LogP contribution in [0, 0.1) is 0 Å². The average molecular weight is 387 g/mol. The maximum atomic E-state index is 12.6. The van der Waals surface area contributed by atoms with Crippen LogP contribution in [-0.2, 0) is 6.18 Å². The Bertz CT molecular complexity index is 938. The number of carbonyl (C=O) groups is 1. The molecule has 0 saturated heterocycles. The van der Waals surface area contributed by atoms with Crippen molar-refractivity contribution in [3.8, 4) is 17.1 Å². The van der Waals surface area contributed by atoms with E-state index in [2.05, 4.69) is 15.5 Å². The molecule has 5 nitrogen and oxygen atoms in total. The van der Waals surface area contributed by atoms with Crippen molar-refractivity contribution >= 4 is 11.6 Å². The summed E-state index contributed by atoms with van der Waals surface area (Å²) < 4.78 is 43.0. The fraction of sp³-hybridized carbons (Fsp3) is 0.150. The fourth-order valence-electron chi connectivity index (χ4n) is 2.44. The molecule has 0 spiro atoms. The zero-order chi connectivity index (χ0) is 20.1. The minimum Gasteiger partial charge on any atom is -0.477 e. The van der Waals surface area contributed by atoms with Crippen LogP contribution in [0.5, 0.6) is 5.88 Å². The second-order valence-corrected chi connectivity index (χ2v) is 5.80. The summed E-state index contributed by atoms with van der Waals surface area (Å²) in [6.07, 6.45) is -4.44. The van der Waals surface area contributed by atoms with Crippen molar-refractivity contribution in [3.05, 3.63) is 71.8 Å². The SMILES string of the molecule is CCOc1ccc(-c2ccc(NC(=O)c3ccc(C(F)(F)F)cc3)cc2)nn1. The van der Waals surface area contributed by atoms with E-state index in [4.69, 9.17) is 4.74 Å². The Morgan fingerprint density at radius 3 is 2.18 bits per heavy atom. The molecule has 0 fully saturated rings. The van der Waals surface area contributed by atoms with Gasteiger partial charge in [-0.05, 0) is 49.4 Å². The summed E-state index contributed by atoms with van der Waals surface area (Å²) in [6.45, 7) is 2.36. The number of anilines is 1. The number of benzene rings is 2. The van der Waals surface area contributed by atoms with Crippen LogP contribution >= 0.6 is 0 Å². The van der Waals surface area contributed by atoms with Gasteiger partial charge in [0, 0.05) is 22.9 Å². The Balaban J connectivity index is 1.67. The van der Waals surface area contributed by atoms with Gasteiger partial charge in [0.15, 0.2) is 0 Å². The highest BCUT2D eigenvalue weighted by atomic mass is 19.4. The number of hydrogen-bond donors (Lipinski definition) is 1. The van der Waals surface area contributed by atoms with Crippen LogP contribution in [0.3, 0.4) is 0 Å². The number of amides is 1.